The molecule has 0 bridgehead atoms. The summed E-state index contributed by atoms with van der Waals surface area (Å²) in [6.45, 7) is 2.80. The van der Waals surface area contributed by atoms with Crippen LogP contribution in [0.1, 0.15) is 16.8 Å². The van der Waals surface area contributed by atoms with Gasteiger partial charge in [0.1, 0.15) is 0 Å². The van der Waals surface area contributed by atoms with Gasteiger partial charge in [0.15, 0.2) is 0 Å². The van der Waals surface area contributed by atoms with Crippen LogP contribution in [0.25, 0.3) is 6.08 Å². The van der Waals surface area contributed by atoms with Crippen LogP contribution in [0, 0.1) is 6.92 Å². The number of carbonyl (C=O) groups is 1. The number of aliphatic carboxylic acids is 1. The second-order valence-electron chi connectivity index (χ2n) is 4.22. The van der Waals surface area contributed by atoms with Crippen molar-refractivity contribution in [2.24, 2.45) is 0 Å². The summed E-state index contributed by atoms with van der Waals surface area (Å²) in [5.41, 5.74) is 3.32. The molecule has 0 radical (unpaired) electrons. The van der Waals surface area contributed by atoms with Gasteiger partial charge in [-0.15, -0.1) is 0 Å². The first-order valence-corrected chi connectivity index (χ1v) is 5.77. The van der Waals surface area contributed by atoms with E-state index in [-0.39, 0.29) is 0 Å². The van der Waals surface area contributed by atoms with Gasteiger partial charge >= 0.3 is 5.97 Å². The lowest BCUT2D eigenvalue weighted by atomic mass is 10.1. The van der Waals surface area contributed by atoms with Crippen molar-refractivity contribution in [3.63, 3.8) is 0 Å². The van der Waals surface area contributed by atoms with Crippen LogP contribution in [0.4, 0.5) is 0 Å². The number of benzene rings is 1. The molecule has 1 N–H and O–H groups in total. The minimum absolute atomic E-state index is 0.743. The van der Waals surface area contributed by atoms with Crippen LogP contribution in [-0.2, 0) is 11.3 Å². The summed E-state index contributed by atoms with van der Waals surface area (Å²) >= 11 is 0. The Labute approximate surface area is 106 Å². The lowest BCUT2D eigenvalue weighted by molar-refractivity contribution is -0.131. The molecule has 0 saturated carbocycles. The zero-order valence-corrected chi connectivity index (χ0v) is 10.2. The van der Waals surface area contributed by atoms with Crippen molar-refractivity contribution in [2.75, 3.05) is 0 Å². The maximum absolute atomic E-state index is 10.5. The maximum atomic E-state index is 10.5. The fourth-order valence-corrected chi connectivity index (χ4v) is 1.77. The molecule has 0 aliphatic carbocycles. The first-order valence-electron chi connectivity index (χ1n) is 5.77. The molecule has 0 spiro atoms. The smallest absolute Gasteiger partial charge is 0.328 e. The summed E-state index contributed by atoms with van der Waals surface area (Å²) in [7, 11) is 0. The van der Waals surface area contributed by atoms with E-state index in [9.17, 15) is 4.79 Å². The minimum atomic E-state index is -0.932. The largest absolute Gasteiger partial charge is 0.478 e. The molecule has 0 fully saturated rings. The second kappa shape index (κ2) is 5.36. The van der Waals surface area contributed by atoms with Gasteiger partial charge in [0, 0.05) is 24.5 Å². The fraction of sp³-hybridized carbons (Fsp3) is 0.133. The first kappa shape index (κ1) is 12.2. The van der Waals surface area contributed by atoms with Crippen LogP contribution >= 0.6 is 0 Å². The molecule has 0 aliphatic heterocycles. The third kappa shape index (κ3) is 3.10. The Morgan fingerprint density at radius 3 is 2.67 bits per heavy atom. The van der Waals surface area contributed by atoms with E-state index >= 15 is 0 Å². The lowest BCUT2D eigenvalue weighted by Crippen LogP contribution is -2.00. The van der Waals surface area contributed by atoms with Gasteiger partial charge in [0.05, 0.1) is 0 Å². The fourth-order valence-electron chi connectivity index (χ4n) is 1.77. The third-order valence-electron chi connectivity index (χ3n) is 2.73. The predicted octanol–water partition coefficient (Wildman–Crippen LogP) is 2.94. The number of aromatic nitrogens is 1. The highest BCUT2D eigenvalue weighted by atomic mass is 16.4. The molecular formula is C15H15NO2. The summed E-state index contributed by atoms with van der Waals surface area (Å²) in [5, 5.41) is 8.63. The molecule has 3 nitrogen and oxygen atoms in total. The highest BCUT2D eigenvalue weighted by Gasteiger charge is 1.99. The molecule has 2 aromatic rings. The molecule has 92 valence electrons. The standard InChI is InChI=1S/C15H15NO2/c1-12-4-6-13(7-5-12)11-16-10-2-3-14(16)8-9-15(17)18/h2-10H,11H2,1H3,(H,17,18)/b9-8+. The van der Waals surface area contributed by atoms with Crippen LogP contribution in [0.15, 0.2) is 48.7 Å². The Kier molecular flexibility index (Phi) is 3.63. The monoisotopic (exact) mass is 241 g/mol. The highest BCUT2D eigenvalue weighted by Crippen LogP contribution is 2.10. The van der Waals surface area contributed by atoms with Gasteiger partial charge in [-0.1, -0.05) is 29.8 Å². The molecule has 0 amide bonds. The number of rotatable bonds is 4. The molecule has 0 atom stereocenters. The van der Waals surface area contributed by atoms with Gasteiger partial charge in [-0.05, 0) is 30.7 Å². The highest BCUT2D eigenvalue weighted by molar-refractivity contribution is 5.84. The summed E-state index contributed by atoms with van der Waals surface area (Å²) in [6, 6.07) is 12.1. The number of hydrogen-bond donors (Lipinski definition) is 1. The van der Waals surface area contributed by atoms with Gasteiger partial charge in [-0.25, -0.2) is 4.79 Å². The molecular weight excluding hydrogens is 226 g/mol. The van der Waals surface area contributed by atoms with E-state index in [0.29, 0.717) is 0 Å². The Balaban J connectivity index is 2.17. The van der Waals surface area contributed by atoms with Crippen LogP contribution in [0.2, 0.25) is 0 Å². The number of aryl methyl sites for hydroxylation is 1. The van der Waals surface area contributed by atoms with Gasteiger partial charge in [0.2, 0.25) is 0 Å². The maximum Gasteiger partial charge on any atom is 0.328 e. The van der Waals surface area contributed by atoms with E-state index in [0.717, 1.165) is 18.3 Å². The third-order valence-corrected chi connectivity index (χ3v) is 2.73. The van der Waals surface area contributed by atoms with Crippen LogP contribution in [-0.4, -0.2) is 15.6 Å². The van der Waals surface area contributed by atoms with Crippen molar-refractivity contribution in [1.29, 1.82) is 0 Å². The van der Waals surface area contributed by atoms with E-state index in [4.69, 9.17) is 5.11 Å². The number of nitrogens with zero attached hydrogens (tertiary/aromatic N) is 1. The summed E-state index contributed by atoms with van der Waals surface area (Å²) in [5.74, 6) is -0.932. The first-order chi connectivity index (χ1) is 8.65. The molecule has 3 heteroatoms. The van der Waals surface area contributed by atoms with E-state index in [2.05, 4.69) is 31.2 Å². The van der Waals surface area contributed by atoms with Crippen molar-refractivity contribution in [2.45, 2.75) is 13.5 Å². The van der Waals surface area contributed by atoms with Gasteiger partial charge in [0.25, 0.3) is 0 Å². The van der Waals surface area contributed by atoms with Gasteiger partial charge < -0.3 is 9.67 Å². The second-order valence-corrected chi connectivity index (χ2v) is 4.22. The Morgan fingerprint density at radius 2 is 2.00 bits per heavy atom. The van der Waals surface area contributed by atoms with E-state index in [1.165, 1.54) is 11.1 Å². The summed E-state index contributed by atoms with van der Waals surface area (Å²) in [4.78, 5) is 10.5. The van der Waals surface area contributed by atoms with Gasteiger partial charge in [-0.2, -0.15) is 0 Å². The SMILES string of the molecule is Cc1ccc(Cn2cccc2/C=C/C(=O)O)cc1. The number of hydrogen-bond acceptors (Lipinski definition) is 1. The molecule has 2 rings (SSSR count). The van der Waals surface area contributed by atoms with E-state index < -0.39 is 5.97 Å². The topological polar surface area (TPSA) is 42.2 Å². The number of carboxylic acid groups (broad SMARTS) is 1. The Bertz CT molecular complexity index is 564. The molecule has 1 aromatic carbocycles. The van der Waals surface area contributed by atoms with E-state index in [1.54, 1.807) is 6.08 Å². The van der Waals surface area contributed by atoms with Crippen molar-refractivity contribution in [3.8, 4) is 0 Å². The van der Waals surface area contributed by atoms with Crippen molar-refractivity contribution < 1.29 is 9.90 Å². The molecule has 1 heterocycles. The zero-order chi connectivity index (χ0) is 13.0. The summed E-state index contributed by atoms with van der Waals surface area (Å²) in [6.07, 6.45) is 4.71. The lowest BCUT2D eigenvalue weighted by Gasteiger charge is -2.06. The van der Waals surface area contributed by atoms with Crippen LogP contribution in [0.5, 0.6) is 0 Å². The normalized spacial score (nSPS) is 10.9. The molecule has 1 aromatic heterocycles. The Morgan fingerprint density at radius 1 is 1.28 bits per heavy atom. The average Bonchev–Trinajstić information content (AvgIpc) is 2.77. The average molecular weight is 241 g/mol. The summed E-state index contributed by atoms with van der Waals surface area (Å²) < 4.78 is 2.02. The van der Waals surface area contributed by atoms with E-state index in [1.807, 2.05) is 22.9 Å². The molecule has 0 saturated heterocycles. The zero-order valence-electron chi connectivity index (χ0n) is 10.2. The quantitative estimate of drug-likeness (QED) is 0.836. The molecule has 0 unspecified atom stereocenters. The Hall–Kier alpha value is -2.29. The molecule has 0 aliphatic rings. The van der Waals surface area contributed by atoms with Gasteiger partial charge in [-0.3, -0.25) is 0 Å². The van der Waals surface area contributed by atoms with Crippen molar-refractivity contribution in [1.82, 2.24) is 4.57 Å². The van der Waals surface area contributed by atoms with Crippen molar-refractivity contribution in [3.05, 3.63) is 65.5 Å². The molecule has 18 heavy (non-hydrogen) atoms. The van der Waals surface area contributed by atoms with Crippen LogP contribution in [0.3, 0.4) is 0 Å². The van der Waals surface area contributed by atoms with Crippen molar-refractivity contribution >= 4 is 12.0 Å². The minimum Gasteiger partial charge on any atom is -0.478 e. The number of carboxylic acids is 1. The van der Waals surface area contributed by atoms with Crippen LogP contribution < -0.4 is 0 Å². The predicted molar refractivity (Wildman–Crippen MR) is 71.4 cm³/mol.